The number of aromatic amines is 1. The third kappa shape index (κ3) is 3.16. The maximum absolute atomic E-state index is 5.48. The first-order chi connectivity index (χ1) is 15.2. The van der Waals surface area contributed by atoms with Gasteiger partial charge in [-0.25, -0.2) is 4.98 Å². The molecule has 0 spiro atoms. The fourth-order valence-corrected chi connectivity index (χ4v) is 3.59. The van der Waals surface area contributed by atoms with Gasteiger partial charge in [0.05, 0.1) is 32.5 Å². The van der Waals surface area contributed by atoms with Crippen molar-refractivity contribution in [3.8, 4) is 28.6 Å². The van der Waals surface area contributed by atoms with E-state index in [-0.39, 0.29) is 0 Å². The summed E-state index contributed by atoms with van der Waals surface area (Å²) in [5.41, 5.74) is 3.29. The van der Waals surface area contributed by atoms with Crippen LogP contribution in [0.2, 0.25) is 0 Å². The lowest BCUT2D eigenvalue weighted by Gasteiger charge is -2.14. The van der Waals surface area contributed by atoms with E-state index in [9.17, 15) is 0 Å². The zero-order valence-electron chi connectivity index (χ0n) is 17.2. The molecule has 2 aromatic carbocycles. The number of hydrogen-bond donors (Lipinski definition) is 2. The first-order valence-electron chi connectivity index (χ1n) is 9.57. The number of fused-ring (bicyclic) bond motifs is 2. The molecule has 0 saturated heterocycles. The fourth-order valence-electron chi connectivity index (χ4n) is 3.59. The molecule has 156 valence electrons. The molecule has 2 N–H and O–H groups in total. The van der Waals surface area contributed by atoms with Crippen molar-refractivity contribution >= 4 is 28.2 Å². The van der Waals surface area contributed by atoms with Crippen molar-refractivity contribution in [3.05, 3.63) is 54.9 Å². The summed E-state index contributed by atoms with van der Waals surface area (Å²) in [6, 6.07) is 13.5. The number of rotatable bonds is 6. The summed E-state index contributed by atoms with van der Waals surface area (Å²) in [6.45, 7) is 0. The van der Waals surface area contributed by atoms with Gasteiger partial charge in [0.2, 0.25) is 11.7 Å². The smallest absolute Gasteiger partial charge is 0.247 e. The Balaban J connectivity index is 1.60. The van der Waals surface area contributed by atoms with Crippen LogP contribution in [0.5, 0.6) is 17.2 Å². The summed E-state index contributed by atoms with van der Waals surface area (Å²) in [5, 5.41) is 9.03. The number of hydrogen-bond acceptors (Lipinski definition) is 7. The minimum absolute atomic E-state index is 0.462. The van der Waals surface area contributed by atoms with Crippen molar-refractivity contribution in [2.24, 2.45) is 0 Å². The van der Waals surface area contributed by atoms with Crippen molar-refractivity contribution < 1.29 is 14.2 Å². The number of para-hydroxylation sites is 1. The summed E-state index contributed by atoms with van der Waals surface area (Å²) in [6.07, 6.45) is 3.59. The van der Waals surface area contributed by atoms with E-state index >= 15 is 0 Å². The zero-order chi connectivity index (χ0) is 21.4. The maximum atomic E-state index is 5.48. The molecule has 0 aliphatic carbocycles. The Kier molecular flexibility index (Phi) is 4.55. The van der Waals surface area contributed by atoms with Crippen molar-refractivity contribution in [2.45, 2.75) is 0 Å². The molecule has 3 aromatic heterocycles. The zero-order valence-corrected chi connectivity index (χ0v) is 17.2. The Bertz CT molecular complexity index is 1370. The molecule has 0 atom stereocenters. The van der Waals surface area contributed by atoms with Crippen LogP contribution in [0.25, 0.3) is 27.9 Å². The molecular weight excluding hydrogens is 396 g/mol. The molecule has 0 aliphatic heterocycles. The Morgan fingerprint density at radius 3 is 2.52 bits per heavy atom. The van der Waals surface area contributed by atoms with E-state index in [1.165, 1.54) is 0 Å². The van der Waals surface area contributed by atoms with E-state index in [2.05, 4.69) is 25.4 Å². The summed E-state index contributed by atoms with van der Waals surface area (Å²) in [7, 11) is 4.72. The van der Waals surface area contributed by atoms with Crippen molar-refractivity contribution in [2.75, 3.05) is 26.6 Å². The third-order valence-corrected chi connectivity index (χ3v) is 5.01. The maximum Gasteiger partial charge on any atom is 0.247 e. The molecule has 9 heteroatoms. The van der Waals surface area contributed by atoms with E-state index in [4.69, 9.17) is 14.2 Å². The first kappa shape index (κ1) is 18.7. The predicted molar refractivity (Wildman–Crippen MR) is 117 cm³/mol. The van der Waals surface area contributed by atoms with E-state index in [0.29, 0.717) is 34.7 Å². The number of nitrogens with one attached hydrogen (secondary N) is 2. The molecule has 5 aromatic rings. The number of ether oxygens (including phenoxy) is 3. The second-order valence-electron chi connectivity index (χ2n) is 6.76. The van der Waals surface area contributed by atoms with Gasteiger partial charge in [0.15, 0.2) is 23.0 Å². The van der Waals surface area contributed by atoms with Gasteiger partial charge < -0.3 is 24.5 Å². The first-order valence-corrected chi connectivity index (χ1v) is 9.57. The fraction of sp³-hybridized carbons (Fsp3) is 0.136. The van der Waals surface area contributed by atoms with Gasteiger partial charge in [-0.15, -0.1) is 5.10 Å². The van der Waals surface area contributed by atoms with Crippen LogP contribution in [0.1, 0.15) is 0 Å². The van der Waals surface area contributed by atoms with Crippen molar-refractivity contribution in [3.63, 3.8) is 0 Å². The lowest BCUT2D eigenvalue weighted by molar-refractivity contribution is 0.324. The highest BCUT2D eigenvalue weighted by Gasteiger charge is 2.18. The molecule has 0 amide bonds. The SMILES string of the molecule is COc1cc(-c2nccc3nc(Nc4cccc5cc[nH]c45)nn23)cc(OC)c1OC. The molecule has 3 heterocycles. The third-order valence-electron chi connectivity index (χ3n) is 5.01. The highest BCUT2D eigenvalue weighted by molar-refractivity contribution is 5.92. The van der Waals surface area contributed by atoms with Gasteiger partial charge in [-0.1, -0.05) is 12.1 Å². The van der Waals surface area contributed by atoms with Crippen LogP contribution in [0, 0.1) is 0 Å². The molecule has 0 aliphatic rings. The van der Waals surface area contributed by atoms with Crippen LogP contribution in [-0.2, 0) is 0 Å². The predicted octanol–water partition coefficient (Wildman–Crippen LogP) is 4.04. The highest BCUT2D eigenvalue weighted by Crippen LogP contribution is 2.40. The number of anilines is 2. The molecular formula is C22H20N6O3. The van der Waals surface area contributed by atoms with E-state index in [0.717, 1.165) is 22.2 Å². The van der Waals surface area contributed by atoms with E-state index in [1.807, 2.05) is 42.6 Å². The van der Waals surface area contributed by atoms with Crippen LogP contribution in [0.3, 0.4) is 0 Å². The Morgan fingerprint density at radius 1 is 0.968 bits per heavy atom. The standard InChI is InChI=1S/C22H20N6O3/c1-29-16-11-14(12-17(30-2)20(16)31-3)21-24-10-8-18-26-22(27-28(18)21)25-15-6-4-5-13-7-9-23-19(13)15/h4-12,23H,1-3H3,(H,25,27). The summed E-state index contributed by atoms with van der Waals surface area (Å²) >= 11 is 0. The van der Waals surface area contributed by atoms with Gasteiger partial charge in [0, 0.05) is 29.4 Å². The van der Waals surface area contributed by atoms with Gasteiger partial charge in [-0.2, -0.15) is 9.50 Å². The Hall–Kier alpha value is -4.27. The van der Waals surface area contributed by atoms with Crippen molar-refractivity contribution in [1.82, 2.24) is 24.6 Å². The van der Waals surface area contributed by atoms with Gasteiger partial charge in [0.25, 0.3) is 0 Å². The highest BCUT2D eigenvalue weighted by atomic mass is 16.5. The average Bonchev–Trinajstić information content (AvgIpc) is 3.44. The Morgan fingerprint density at radius 2 is 1.77 bits per heavy atom. The minimum Gasteiger partial charge on any atom is -0.493 e. The van der Waals surface area contributed by atoms with Gasteiger partial charge >= 0.3 is 0 Å². The normalized spacial score (nSPS) is 11.1. The molecule has 0 unspecified atom stereocenters. The topological polar surface area (TPSA) is 98.6 Å². The summed E-state index contributed by atoms with van der Waals surface area (Å²) < 4.78 is 18.0. The Labute approximate surface area is 177 Å². The molecule has 9 nitrogen and oxygen atoms in total. The van der Waals surface area contributed by atoms with E-state index < -0.39 is 0 Å². The molecule has 31 heavy (non-hydrogen) atoms. The lowest BCUT2D eigenvalue weighted by Crippen LogP contribution is -2.00. The summed E-state index contributed by atoms with van der Waals surface area (Å²) in [4.78, 5) is 12.4. The van der Waals surface area contributed by atoms with E-state index in [1.54, 1.807) is 38.1 Å². The van der Waals surface area contributed by atoms with Gasteiger partial charge in [0.1, 0.15) is 0 Å². The number of methoxy groups -OCH3 is 3. The quantitative estimate of drug-likeness (QED) is 0.431. The largest absolute Gasteiger partial charge is 0.493 e. The molecule has 0 bridgehead atoms. The second-order valence-corrected chi connectivity index (χ2v) is 6.76. The van der Waals surface area contributed by atoms with Crippen molar-refractivity contribution in [1.29, 1.82) is 0 Å². The molecule has 0 fully saturated rings. The summed E-state index contributed by atoms with van der Waals surface area (Å²) in [5.74, 6) is 2.64. The van der Waals surface area contributed by atoms with Gasteiger partial charge in [-0.3, -0.25) is 0 Å². The minimum atomic E-state index is 0.462. The van der Waals surface area contributed by atoms with Crippen LogP contribution < -0.4 is 19.5 Å². The van der Waals surface area contributed by atoms with Crippen LogP contribution in [-0.4, -0.2) is 45.9 Å². The number of nitrogens with zero attached hydrogens (tertiary/aromatic N) is 4. The van der Waals surface area contributed by atoms with Gasteiger partial charge in [-0.05, 0) is 24.3 Å². The molecule has 5 rings (SSSR count). The van der Waals surface area contributed by atoms with Crippen LogP contribution in [0.4, 0.5) is 11.6 Å². The van der Waals surface area contributed by atoms with Crippen LogP contribution in [0.15, 0.2) is 54.9 Å². The monoisotopic (exact) mass is 416 g/mol. The van der Waals surface area contributed by atoms with Crippen LogP contribution >= 0.6 is 0 Å². The number of benzene rings is 2. The second kappa shape index (κ2) is 7.52. The molecule has 0 radical (unpaired) electrons. The average molecular weight is 416 g/mol. The number of aromatic nitrogens is 5. The molecule has 0 saturated carbocycles. The lowest BCUT2D eigenvalue weighted by atomic mass is 10.1. The number of H-pyrrole nitrogens is 1.